The number of halogens is 1. The number of rotatable bonds is 8. The van der Waals surface area contributed by atoms with Crippen LogP contribution in [0.15, 0.2) is 51.4 Å². The number of nitrogens with zero attached hydrogens (tertiary/aromatic N) is 2. The second-order valence-electron chi connectivity index (χ2n) is 5.34. The number of benzene rings is 1. The molecule has 0 radical (unpaired) electrons. The van der Waals surface area contributed by atoms with Gasteiger partial charge >= 0.3 is 0 Å². The van der Waals surface area contributed by atoms with Crippen LogP contribution in [0.4, 0.5) is 0 Å². The number of thiophene rings is 1. The molecule has 0 amide bonds. The predicted octanol–water partition coefficient (Wildman–Crippen LogP) is 4.68. The fourth-order valence-electron chi connectivity index (χ4n) is 2.07. The number of thioether (sulfide) groups is 1. The largest absolute Gasteiger partial charge is 0.410 e. The number of hydrogen-bond donors (Lipinski definition) is 1. The Morgan fingerprint density at radius 2 is 2.08 bits per heavy atom. The van der Waals surface area contributed by atoms with Crippen molar-refractivity contribution in [3.63, 3.8) is 0 Å². The van der Waals surface area contributed by atoms with Gasteiger partial charge in [-0.1, -0.05) is 41.6 Å². The maximum absolute atomic E-state index is 10.1. The van der Waals surface area contributed by atoms with Gasteiger partial charge < -0.3 is 14.3 Å². The number of aliphatic hydroxyl groups excluding tert-OH is 1. The zero-order valence-corrected chi connectivity index (χ0v) is 15.9. The summed E-state index contributed by atoms with van der Waals surface area (Å²) in [7, 11) is 0. The predicted molar refractivity (Wildman–Crippen MR) is 100 cm³/mol. The van der Waals surface area contributed by atoms with Crippen LogP contribution in [0.2, 0.25) is 5.02 Å². The average molecular weight is 397 g/mol. The molecule has 0 bridgehead atoms. The summed E-state index contributed by atoms with van der Waals surface area (Å²) in [6, 6.07) is 11.3. The van der Waals surface area contributed by atoms with Crippen LogP contribution in [0.1, 0.15) is 18.6 Å². The Balaban J connectivity index is 1.43. The van der Waals surface area contributed by atoms with Crippen molar-refractivity contribution < 1.29 is 14.3 Å². The zero-order valence-electron chi connectivity index (χ0n) is 13.5. The van der Waals surface area contributed by atoms with E-state index in [4.69, 9.17) is 20.8 Å². The molecular weight excluding hydrogens is 380 g/mol. The second-order valence-corrected chi connectivity index (χ2v) is 7.70. The molecule has 0 aliphatic carbocycles. The van der Waals surface area contributed by atoms with E-state index in [-0.39, 0.29) is 12.7 Å². The highest BCUT2D eigenvalue weighted by Gasteiger charge is 2.14. The molecule has 0 saturated heterocycles. The van der Waals surface area contributed by atoms with Crippen molar-refractivity contribution in [3.05, 3.63) is 52.4 Å². The van der Waals surface area contributed by atoms with E-state index in [1.54, 1.807) is 11.3 Å². The molecule has 8 heteroatoms. The molecular formula is C17H17ClN2O3S2. The van der Waals surface area contributed by atoms with Crippen LogP contribution >= 0.6 is 34.7 Å². The van der Waals surface area contributed by atoms with Gasteiger partial charge in [0.2, 0.25) is 0 Å². The van der Waals surface area contributed by atoms with Gasteiger partial charge in [-0.05, 0) is 36.1 Å². The van der Waals surface area contributed by atoms with Gasteiger partial charge in [-0.15, -0.1) is 21.5 Å². The van der Waals surface area contributed by atoms with Gasteiger partial charge in [0.15, 0.2) is 0 Å². The lowest BCUT2D eigenvalue weighted by Gasteiger charge is -2.16. The van der Waals surface area contributed by atoms with E-state index in [1.807, 2.05) is 48.7 Å². The van der Waals surface area contributed by atoms with Crippen LogP contribution in [0, 0.1) is 0 Å². The minimum atomic E-state index is -0.628. The van der Waals surface area contributed by atoms with Crippen molar-refractivity contribution in [2.75, 3.05) is 12.4 Å². The Hall–Kier alpha value is -1.38. The molecule has 1 N–H and O–H groups in total. The minimum absolute atomic E-state index is 0.120. The van der Waals surface area contributed by atoms with Gasteiger partial charge in [-0.25, -0.2) is 0 Å². The van der Waals surface area contributed by atoms with Crippen LogP contribution < -0.4 is 0 Å². The minimum Gasteiger partial charge on any atom is -0.410 e. The molecule has 1 aromatic carbocycles. The average Bonchev–Trinajstić information content (AvgIpc) is 3.29. The molecule has 3 rings (SSSR count). The maximum atomic E-state index is 10.1. The van der Waals surface area contributed by atoms with Crippen molar-refractivity contribution >= 4 is 34.7 Å². The Morgan fingerprint density at radius 1 is 1.28 bits per heavy atom. The lowest BCUT2D eigenvalue weighted by atomic mass is 10.1. The lowest BCUT2D eigenvalue weighted by Crippen LogP contribution is -2.19. The molecule has 3 aromatic rings. The van der Waals surface area contributed by atoms with Gasteiger partial charge in [0.05, 0.1) is 23.7 Å². The quantitative estimate of drug-likeness (QED) is 0.557. The first-order valence-electron chi connectivity index (χ1n) is 7.67. The van der Waals surface area contributed by atoms with Crippen LogP contribution in [-0.4, -0.2) is 33.8 Å². The summed E-state index contributed by atoms with van der Waals surface area (Å²) >= 11 is 8.73. The molecule has 0 unspecified atom stereocenters. The highest BCUT2D eigenvalue weighted by Crippen LogP contribution is 2.27. The first kappa shape index (κ1) is 18.4. The Bertz CT molecular complexity index is 778. The van der Waals surface area contributed by atoms with Gasteiger partial charge in [-0.2, -0.15) is 0 Å². The van der Waals surface area contributed by atoms with E-state index in [2.05, 4.69) is 10.2 Å². The topological polar surface area (TPSA) is 68.4 Å². The van der Waals surface area contributed by atoms with Gasteiger partial charge in [0.25, 0.3) is 11.1 Å². The van der Waals surface area contributed by atoms with Crippen molar-refractivity contribution in [2.45, 2.75) is 24.4 Å². The normalized spacial score (nSPS) is 13.7. The molecule has 2 heterocycles. The summed E-state index contributed by atoms with van der Waals surface area (Å²) < 4.78 is 11.3. The Kier molecular flexibility index (Phi) is 6.50. The molecule has 0 fully saturated rings. The Labute approximate surface area is 159 Å². The van der Waals surface area contributed by atoms with E-state index in [0.717, 1.165) is 10.4 Å². The zero-order chi connectivity index (χ0) is 17.6. The molecule has 2 aromatic heterocycles. The smallest absolute Gasteiger partial charge is 0.276 e. The highest BCUT2D eigenvalue weighted by atomic mass is 35.5. The summed E-state index contributed by atoms with van der Waals surface area (Å²) in [4.78, 5) is 0.931. The van der Waals surface area contributed by atoms with Crippen molar-refractivity contribution in [1.82, 2.24) is 10.2 Å². The van der Waals surface area contributed by atoms with Crippen LogP contribution in [0.3, 0.4) is 0 Å². The molecule has 0 aliphatic rings. The summed E-state index contributed by atoms with van der Waals surface area (Å²) in [5.74, 6) is 0.916. The van der Waals surface area contributed by atoms with Gasteiger partial charge in [0.1, 0.15) is 0 Å². The third-order valence-electron chi connectivity index (χ3n) is 3.42. The second kappa shape index (κ2) is 8.82. The summed E-state index contributed by atoms with van der Waals surface area (Å²) in [5.41, 5.74) is 1.02. The molecule has 132 valence electrons. The number of aromatic nitrogens is 2. The van der Waals surface area contributed by atoms with Crippen molar-refractivity contribution in [2.24, 2.45) is 0 Å². The molecule has 0 aliphatic heterocycles. The summed E-state index contributed by atoms with van der Waals surface area (Å²) in [6.07, 6.45) is -0.748. The van der Waals surface area contributed by atoms with E-state index >= 15 is 0 Å². The summed E-state index contributed by atoms with van der Waals surface area (Å²) in [6.45, 7) is 2.16. The summed E-state index contributed by atoms with van der Waals surface area (Å²) in [5, 5.41) is 21.2. The molecule has 0 saturated carbocycles. The maximum Gasteiger partial charge on any atom is 0.276 e. The molecule has 0 spiro atoms. The van der Waals surface area contributed by atoms with Crippen molar-refractivity contribution in [3.8, 4) is 10.8 Å². The molecule has 25 heavy (non-hydrogen) atoms. The van der Waals surface area contributed by atoms with Crippen molar-refractivity contribution in [1.29, 1.82) is 0 Å². The first-order chi connectivity index (χ1) is 12.1. The van der Waals surface area contributed by atoms with Gasteiger partial charge in [0, 0.05) is 10.8 Å². The van der Waals surface area contributed by atoms with E-state index in [0.29, 0.717) is 21.9 Å². The fraction of sp³-hybridized carbons (Fsp3) is 0.294. The third kappa shape index (κ3) is 5.29. The van der Waals surface area contributed by atoms with Gasteiger partial charge in [-0.3, -0.25) is 0 Å². The number of aliphatic hydroxyl groups is 1. The SMILES string of the molecule is C[C@@H](OC[C@@H](O)CSc1nnc(-c2cccs2)o1)c1ccc(Cl)cc1. The Morgan fingerprint density at radius 3 is 2.80 bits per heavy atom. The number of ether oxygens (including phenoxy) is 1. The third-order valence-corrected chi connectivity index (χ3v) is 5.49. The van der Waals surface area contributed by atoms with Crippen LogP contribution in [-0.2, 0) is 4.74 Å². The van der Waals surface area contributed by atoms with E-state index < -0.39 is 6.10 Å². The van der Waals surface area contributed by atoms with Crippen LogP contribution in [0.5, 0.6) is 0 Å². The fourth-order valence-corrected chi connectivity index (χ4v) is 3.51. The lowest BCUT2D eigenvalue weighted by molar-refractivity contribution is 0.00618. The molecule has 2 atom stereocenters. The molecule has 5 nitrogen and oxygen atoms in total. The van der Waals surface area contributed by atoms with E-state index in [1.165, 1.54) is 11.8 Å². The van der Waals surface area contributed by atoms with E-state index in [9.17, 15) is 5.11 Å². The first-order valence-corrected chi connectivity index (χ1v) is 9.91. The number of hydrogen-bond acceptors (Lipinski definition) is 7. The monoisotopic (exact) mass is 396 g/mol. The van der Waals surface area contributed by atoms with Crippen LogP contribution in [0.25, 0.3) is 10.8 Å². The highest BCUT2D eigenvalue weighted by molar-refractivity contribution is 7.99. The standard InChI is InChI=1S/C17H17ClN2O3S2/c1-11(12-4-6-13(18)7-5-12)22-9-14(21)10-25-17-20-19-16(23-17)15-3-2-8-24-15/h2-8,11,14,21H,9-10H2,1H3/t11-,14-/m1/s1.